The number of nitrogens with one attached hydrogen (secondary N) is 1. The molecule has 0 aliphatic carbocycles. The fourth-order valence-corrected chi connectivity index (χ4v) is 3.76. The Labute approximate surface area is 180 Å². The van der Waals surface area contributed by atoms with E-state index in [1.54, 1.807) is 0 Å². The summed E-state index contributed by atoms with van der Waals surface area (Å²) in [6, 6.07) is 14.5. The Morgan fingerprint density at radius 2 is 1.91 bits per heavy atom. The predicted molar refractivity (Wildman–Crippen MR) is 112 cm³/mol. The smallest absolute Gasteiger partial charge is 0.277 e. The van der Waals surface area contributed by atoms with Crippen LogP contribution in [0.5, 0.6) is 5.75 Å². The summed E-state index contributed by atoms with van der Waals surface area (Å²) in [6.07, 6.45) is 0.434. The Hall–Kier alpha value is -4.01. The van der Waals surface area contributed by atoms with Gasteiger partial charge in [0.25, 0.3) is 11.5 Å². The fourth-order valence-electron chi connectivity index (χ4n) is 3.76. The molecule has 1 aliphatic rings. The molecule has 0 atom stereocenters. The van der Waals surface area contributed by atoms with E-state index in [2.05, 4.69) is 10.1 Å². The molecular weight excluding hydrogens is 418 g/mol. The molecule has 2 aromatic heterocycles. The molecule has 1 N–H and O–H groups in total. The second-order valence-electron chi connectivity index (χ2n) is 7.50. The molecule has 3 heterocycles. The van der Waals surface area contributed by atoms with Gasteiger partial charge in [-0.25, -0.2) is 18.3 Å². The molecule has 7 nitrogen and oxygen atoms in total. The Bertz CT molecular complexity index is 1380. The molecule has 0 spiro atoms. The average molecular weight is 436 g/mol. The van der Waals surface area contributed by atoms with Crippen LogP contribution in [-0.2, 0) is 17.8 Å². The van der Waals surface area contributed by atoms with Gasteiger partial charge in [-0.1, -0.05) is 30.3 Å². The summed E-state index contributed by atoms with van der Waals surface area (Å²) in [5.41, 5.74) is 3.07. The average Bonchev–Trinajstić information content (AvgIpc) is 3.25. The molecule has 0 fully saturated rings. The van der Waals surface area contributed by atoms with E-state index in [0.29, 0.717) is 29.9 Å². The maximum atomic E-state index is 13.3. The maximum Gasteiger partial charge on any atom is 0.277 e. The standard InChI is InChI=1S/C23H18F2N4O3/c24-17-7-6-15(10-18(17)25)32-13-22(30)28-9-8-19-16(12-28)23(31)29-21(26-19)11-20(27-29)14-4-2-1-3-5-14/h1-7,10-11,27H,8-9,12-13H2. The molecule has 1 amide bonds. The summed E-state index contributed by atoms with van der Waals surface area (Å²) in [7, 11) is 0. The molecule has 162 valence electrons. The molecule has 0 radical (unpaired) electrons. The number of nitrogens with zero attached hydrogens (tertiary/aromatic N) is 3. The number of ether oxygens (including phenoxy) is 1. The molecule has 0 bridgehead atoms. The van der Waals surface area contributed by atoms with Gasteiger partial charge >= 0.3 is 0 Å². The molecule has 0 unspecified atom stereocenters. The first-order valence-corrected chi connectivity index (χ1v) is 10.0. The number of amides is 1. The van der Waals surface area contributed by atoms with E-state index in [0.717, 1.165) is 23.4 Å². The van der Waals surface area contributed by atoms with Crippen LogP contribution in [0.3, 0.4) is 0 Å². The van der Waals surface area contributed by atoms with Crippen molar-refractivity contribution in [2.24, 2.45) is 0 Å². The molecular formula is C23H18F2N4O3. The lowest BCUT2D eigenvalue weighted by atomic mass is 10.1. The highest BCUT2D eigenvalue weighted by Crippen LogP contribution is 2.21. The van der Waals surface area contributed by atoms with Crippen molar-refractivity contribution in [1.82, 2.24) is 19.5 Å². The zero-order valence-corrected chi connectivity index (χ0v) is 16.8. The number of rotatable bonds is 4. The summed E-state index contributed by atoms with van der Waals surface area (Å²) in [4.78, 5) is 31.8. The zero-order valence-electron chi connectivity index (χ0n) is 16.8. The normalized spacial score (nSPS) is 13.2. The topological polar surface area (TPSA) is 79.7 Å². The van der Waals surface area contributed by atoms with E-state index in [9.17, 15) is 18.4 Å². The van der Waals surface area contributed by atoms with Crippen molar-refractivity contribution in [3.8, 4) is 17.0 Å². The van der Waals surface area contributed by atoms with Crippen molar-refractivity contribution in [3.63, 3.8) is 0 Å². The Morgan fingerprint density at radius 3 is 2.69 bits per heavy atom. The van der Waals surface area contributed by atoms with Gasteiger partial charge < -0.3 is 9.64 Å². The quantitative estimate of drug-likeness (QED) is 0.534. The summed E-state index contributed by atoms with van der Waals surface area (Å²) in [5, 5.41) is 3.08. The van der Waals surface area contributed by atoms with Crippen LogP contribution < -0.4 is 10.3 Å². The van der Waals surface area contributed by atoms with Crippen molar-refractivity contribution >= 4 is 11.6 Å². The van der Waals surface area contributed by atoms with E-state index in [4.69, 9.17) is 4.74 Å². The van der Waals surface area contributed by atoms with Crippen LogP contribution in [0.15, 0.2) is 59.4 Å². The minimum absolute atomic E-state index is 0.0536. The van der Waals surface area contributed by atoms with E-state index >= 15 is 0 Å². The van der Waals surface area contributed by atoms with Crippen LogP contribution in [-0.4, -0.2) is 38.6 Å². The van der Waals surface area contributed by atoms with Gasteiger partial charge in [-0.05, 0) is 17.7 Å². The highest BCUT2D eigenvalue weighted by atomic mass is 19.2. The number of halogens is 2. The van der Waals surface area contributed by atoms with Crippen molar-refractivity contribution in [3.05, 3.63) is 87.8 Å². The zero-order chi connectivity index (χ0) is 22.2. The largest absolute Gasteiger partial charge is 0.484 e. The van der Waals surface area contributed by atoms with Crippen LogP contribution >= 0.6 is 0 Å². The van der Waals surface area contributed by atoms with Gasteiger partial charge in [-0.2, -0.15) is 0 Å². The molecule has 4 aromatic rings. The first-order valence-electron chi connectivity index (χ1n) is 10.0. The highest BCUT2D eigenvalue weighted by Gasteiger charge is 2.26. The lowest BCUT2D eigenvalue weighted by Gasteiger charge is -2.27. The SMILES string of the molecule is O=C(COc1ccc(F)c(F)c1)N1CCc2nc3cc(-c4ccccc4)[nH]n3c(=O)c2C1. The number of H-pyrrole nitrogens is 1. The van der Waals surface area contributed by atoms with Gasteiger partial charge in [0.1, 0.15) is 5.75 Å². The van der Waals surface area contributed by atoms with Gasteiger partial charge in [0.05, 0.1) is 23.5 Å². The Kier molecular flexibility index (Phi) is 4.93. The van der Waals surface area contributed by atoms with Gasteiger partial charge in [0, 0.05) is 25.1 Å². The third kappa shape index (κ3) is 3.62. The Balaban J connectivity index is 1.36. The van der Waals surface area contributed by atoms with Crippen molar-refractivity contribution < 1.29 is 18.3 Å². The van der Waals surface area contributed by atoms with Gasteiger partial charge in [-0.3, -0.25) is 14.7 Å². The molecule has 9 heteroatoms. The van der Waals surface area contributed by atoms with Gasteiger partial charge in [0.2, 0.25) is 0 Å². The number of carbonyl (C=O) groups excluding carboxylic acids is 1. The predicted octanol–water partition coefficient (Wildman–Crippen LogP) is 2.93. The minimum Gasteiger partial charge on any atom is -0.484 e. The molecule has 0 saturated carbocycles. The van der Waals surface area contributed by atoms with Crippen LogP contribution in [0.25, 0.3) is 16.9 Å². The van der Waals surface area contributed by atoms with Crippen LogP contribution in [0.1, 0.15) is 11.3 Å². The van der Waals surface area contributed by atoms with Crippen molar-refractivity contribution in [2.45, 2.75) is 13.0 Å². The summed E-state index contributed by atoms with van der Waals surface area (Å²) in [6.45, 7) is 0.132. The lowest BCUT2D eigenvalue weighted by Crippen LogP contribution is -2.42. The summed E-state index contributed by atoms with van der Waals surface area (Å²) >= 11 is 0. The maximum absolute atomic E-state index is 13.3. The number of hydrogen-bond donors (Lipinski definition) is 1. The summed E-state index contributed by atoms with van der Waals surface area (Å²) < 4.78 is 33.0. The third-order valence-electron chi connectivity index (χ3n) is 5.45. The van der Waals surface area contributed by atoms with E-state index < -0.39 is 11.6 Å². The van der Waals surface area contributed by atoms with Gasteiger partial charge in [-0.15, -0.1) is 0 Å². The molecule has 2 aromatic carbocycles. The fraction of sp³-hybridized carbons (Fsp3) is 0.174. The minimum atomic E-state index is -1.05. The van der Waals surface area contributed by atoms with Gasteiger partial charge in [0.15, 0.2) is 23.9 Å². The van der Waals surface area contributed by atoms with Crippen molar-refractivity contribution in [2.75, 3.05) is 13.2 Å². The number of fused-ring (bicyclic) bond motifs is 2. The summed E-state index contributed by atoms with van der Waals surface area (Å²) in [5.74, 6) is -2.35. The third-order valence-corrected chi connectivity index (χ3v) is 5.45. The van der Waals surface area contributed by atoms with E-state index in [1.165, 1.54) is 15.5 Å². The molecule has 5 rings (SSSR count). The van der Waals surface area contributed by atoms with E-state index in [1.807, 2.05) is 36.4 Å². The monoisotopic (exact) mass is 436 g/mol. The van der Waals surface area contributed by atoms with Crippen LogP contribution in [0.2, 0.25) is 0 Å². The van der Waals surface area contributed by atoms with Crippen molar-refractivity contribution in [1.29, 1.82) is 0 Å². The number of carbonyl (C=O) groups is 1. The molecule has 0 saturated heterocycles. The molecule has 1 aliphatic heterocycles. The lowest BCUT2D eigenvalue weighted by molar-refractivity contribution is -0.134. The second kappa shape index (κ2) is 7.92. The molecule has 32 heavy (non-hydrogen) atoms. The van der Waals surface area contributed by atoms with E-state index in [-0.39, 0.29) is 30.4 Å². The highest BCUT2D eigenvalue weighted by molar-refractivity contribution is 5.78. The Morgan fingerprint density at radius 1 is 1.09 bits per heavy atom. The second-order valence-corrected chi connectivity index (χ2v) is 7.50. The number of aromatic amines is 1. The first kappa shape index (κ1) is 19.9. The number of hydrogen-bond acceptors (Lipinski definition) is 4. The van der Waals surface area contributed by atoms with Crippen LogP contribution in [0.4, 0.5) is 8.78 Å². The van der Waals surface area contributed by atoms with Crippen LogP contribution in [0, 0.1) is 11.6 Å². The first-order chi connectivity index (χ1) is 15.5. The number of benzene rings is 2. The number of aromatic nitrogens is 3.